The summed E-state index contributed by atoms with van der Waals surface area (Å²) in [5, 5.41) is 0.423. The fraction of sp³-hybridized carbons (Fsp3) is 0.200. The van der Waals surface area contributed by atoms with Crippen molar-refractivity contribution in [2.24, 2.45) is 5.92 Å². The monoisotopic (exact) mass is 497 g/mol. The van der Waals surface area contributed by atoms with Crippen LogP contribution in [0.4, 0.5) is 5.69 Å². The lowest BCUT2D eigenvalue weighted by Crippen LogP contribution is -2.27. The molecular weight excluding hydrogens is 478 g/mol. The first kappa shape index (κ1) is 24.0. The molecule has 1 saturated heterocycles. The molecule has 0 radical (unpaired) electrons. The van der Waals surface area contributed by atoms with Crippen LogP contribution in [0.15, 0.2) is 65.3 Å². The SMILES string of the molecule is COc1ccc(Cl)cc1N1C[C@H](C(=O)OCC(=O)c2ccc(OC(=O)c3ccco3)cc2)CC1=O. The molecule has 0 N–H and O–H groups in total. The maximum atomic E-state index is 12.5. The molecule has 2 heterocycles. The van der Waals surface area contributed by atoms with Gasteiger partial charge in [-0.25, -0.2) is 4.79 Å². The normalized spacial score (nSPS) is 15.1. The molecule has 35 heavy (non-hydrogen) atoms. The number of hydrogen-bond donors (Lipinski definition) is 0. The molecule has 1 amide bonds. The maximum absolute atomic E-state index is 12.5. The van der Waals surface area contributed by atoms with Crippen LogP contribution < -0.4 is 14.4 Å². The van der Waals surface area contributed by atoms with E-state index >= 15 is 0 Å². The number of halogens is 1. The highest BCUT2D eigenvalue weighted by Gasteiger charge is 2.37. The summed E-state index contributed by atoms with van der Waals surface area (Å²) in [7, 11) is 1.47. The Bertz CT molecular complexity index is 1250. The molecule has 1 aliphatic heterocycles. The Morgan fingerprint density at radius 1 is 1.11 bits per heavy atom. The Morgan fingerprint density at radius 2 is 1.89 bits per heavy atom. The van der Waals surface area contributed by atoms with Gasteiger partial charge in [0.1, 0.15) is 11.5 Å². The van der Waals surface area contributed by atoms with Crippen LogP contribution in [-0.2, 0) is 14.3 Å². The van der Waals surface area contributed by atoms with Gasteiger partial charge in [0.15, 0.2) is 12.4 Å². The van der Waals surface area contributed by atoms with E-state index in [4.69, 9.17) is 30.2 Å². The first-order valence-corrected chi connectivity index (χ1v) is 10.9. The molecule has 0 spiro atoms. The van der Waals surface area contributed by atoms with Crippen molar-refractivity contribution in [1.29, 1.82) is 0 Å². The molecule has 1 aromatic heterocycles. The van der Waals surface area contributed by atoms with E-state index in [2.05, 4.69) is 0 Å². The van der Waals surface area contributed by atoms with Crippen LogP contribution in [0, 0.1) is 5.92 Å². The Labute approximate surface area is 205 Å². The van der Waals surface area contributed by atoms with Gasteiger partial charge in [-0.2, -0.15) is 0 Å². The van der Waals surface area contributed by atoms with Gasteiger partial charge < -0.3 is 23.5 Å². The van der Waals surface area contributed by atoms with Gasteiger partial charge in [0, 0.05) is 23.6 Å². The predicted molar refractivity (Wildman–Crippen MR) is 124 cm³/mol. The Hall–Kier alpha value is -4.11. The van der Waals surface area contributed by atoms with Gasteiger partial charge in [-0.1, -0.05) is 11.6 Å². The molecular formula is C25H20ClNO8. The summed E-state index contributed by atoms with van der Waals surface area (Å²) >= 11 is 6.05. The molecule has 1 aliphatic rings. The van der Waals surface area contributed by atoms with Crippen LogP contribution in [0.25, 0.3) is 0 Å². The van der Waals surface area contributed by atoms with E-state index in [0.29, 0.717) is 16.5 Å². The Morgan fingerprint density at radius 3 is 2.57 bits per heavy atom. The van der Waals surface area contributed by atoms with E-state index in [9.17, 15) is 19.2 Å². The molecule has 0 aliphatic carbocycles. The molecule has 1 fully saturated rings. The largest absolute Gasteiger partial charge is 0.495 e. The molecule has 9 nitrogen and oxygen atoms in total. The van der Waals surface area contributed by atoms with Crippen molar-refractivity contribution >= 4 is 40.9 Å². The van der Waals surface area contributed by atoms with Crippen molar-refractivity contribution in [3.63, 3.8) is 0 Å². The Balaban J connectivity index is 1.31. The zero-order chi connectivity index (χ0) is 24.9. The maximum Gasteiger partial charge on any atom is 0.379 e. The second kappa shape index (κ2) is 10.4. The average molecular weight is 498 g/mol. The highest BCUT2D eigenvalue weighted by Crippen LogP contribution is 2.35. The van der Waals surface area contributed by atoms with Crippen molar-refractivity contribution < 1.29 is 37.8 Å². The number of amides is 1. The molecule has 180 valence electrons. The summed E-state index contributed by atoms with van der Waals surface area (Å²) in [4.78, 5) is 50.8. The number of esters is 2. The summed E-state index contributed by atoms with van der Waals surface area (Å²) < 4.78 is 20.6. The lowest BCUT2D eigenvalue weighted by atomic mass is 10.1. The number of anilines is 1. The number of carbonyl (C=O) groups is 4. The number of methoxy groups -OCH3 is 1. The van der Waals surface area contributed by atoms with Crippen LogP contribution >= 0.6 is 11.6 Å². The number of ether oxygens (including phenoxy) is 3. The fourth-order valence-electron chi connectivity index (χ4n) is 3.57. The summed E-state index contributed by atoms with van der Waals surface area (Å²) in [5.74, 6) is -2.06. The summed E-state index contributed by atoms with van der Waals surface area (Å²) in [6, 6.07) is 13.7. The van der Waals surface area contributed by atoms with E-state index in [0.717, 1.165) is 0 Å². The van der Waals surface area contributed by atoms with Gasteiger partial charge >= 0.3 is 11.9 Å². The van der Waals surface area contributed by atoms with E-state index < -0.39 is 30.2 Å². The number of carbonyl (C=O) groups excluding carboxylic acids is 4. The molecule has 3 aromatic rings. The third-order valence-corrected chi connectivity index (χ3v) is 5.58. The number of hydrogen-bond acceptors (Lipinski definition) is 8. The van der Waals surface area contributed by atoms with Crippen LogP contribution in [0.3, 0.4) is 0 Å². The van der Waals surface area contributed by atoms with Gasteiger partial charge in [-0.15, -0.1) is 0 Å². The topological polar surface area (TPSA) is 112 Å². The van der Waals surface area contributed by atoms with Crippen LogP contribution in [0.5, 0.6) is 11.5 Å². The van der Waals surface area contributed by atoms with Crippen LogP contribution in [0.1, 0.15) is 27.3 Å². The van der Waals surface area contributed by atoms with Crippen molar-refractivity contribution in [2.75, 3.05) is 25.2 Å². The molecule has 0 bridgehead atoms. The number of furan rings is 1. The minimum Gasteiger partial charge on any atom is -0.495 e. The molecule has 0 unspecified atom stereocenters. The minimum atomic E-state index is -0.734. The zero-order valence-electron chi connectivity index (χ0n) is 18.6. The molecule has 2 aromatic carbocycles. The van der Waals surface area contributed by atoms with Gasteiger partial charge in [0.25, 0.3) is 0 Å². The molecule has 0 saturated carbocycles. The standard InChI is InChI=1S/C25H20ClNO8/c1-32-21-9-6-17(26)12-19(21)27-13-16(11-23(27)29)24(30)34-14-20(28)15-4-7-18(8-5-15)35-25(31)22-3-2-10-33-22/h2-10,12,16H,11,13-14H2,1H3/t16-/m1/s1. The summed E-state index contributed by atoms with van der Waals surface area (Å²) in [6.07, 6.45) is 1.30. The highest BCUT2D eigenvalue weighted by molar-refractivity contribution is 6.31. The van der Waals surface area contributed by atoms with Crippen molar-refractivity contribution in [1.82, 2.24) is 0 Å². The Kier molecular flexibility index (Phi) is 7.17. The molecule has 4 rings (SSSR count). The third kappa shape index (κ3) is 5.52. The molecule has 10 heteroatoms. The number of nitrogens with zero attached hydrogens (tertiary/aromatic N) is 1. The van der Waals surface area contributed by atoms with E-state index in [-0.39, 0.29) is 35.9 Å². The van der Waals surface area contributed by atoms with Gasteiger partial charge in [-0.3, -0.25) is 14.4 Å². The second-order valence-electron chi connectivity index (χ2n) is 7.64. The first-order valence-electron chi connectivity index (χ1n) is 10.5. The van der Waals surface area contributed by atoms with E-state index in [1.807, 2.05) is 0 Å². The van der Waals surface area contributed by atoms with Crippen molar-refractivity contribution in [3.8, 4) is 11.5 Å². The average Bonchev–Trinajstić information content (AvgIpc) is 3.53. The summed E-state index contributed by atoms with van der Waals surface area (Å²) in [5.41, 5.74) is 0.729. The lowest BCUT2D eigenvalue weighted by Gasteiger charge is -2.19. The van der Waals surface area contributed by atoms with E-state index in [1.54, 1.807) is 24.3 Å². The van der Waals surface area contributed by atoms with Crippen LogP contribution in [-0.4, -0.2) is 43.9 Å². The summed E-state index contributed by atoms with van der Waals surface area (Å²) in [6.45, 7) is -0.409. The van der Waals surface area contributed by atoms with Gasteiger partial charge in [0.2, 0.25) is 11.7 Å². The first-order chi connectivity index (χ1) is 16.9. The zero-order valence-corrected chi connectivity index (χ0v) is 19.3. The number of benzene rings is 2. The number of Topliss-reactive ketones (excluding diaryl/α,β-unsaturated/α-hetero) is 1. The minimum absolute atomic E-state index is 0.0508. The lowest BCUT2D eigenvalue weighted by molar-refractivity contribution is -0.147. The second-order valence-corrected chi connectivity index (χ2v) is 8.08. The predicted octanol–water partition coefficient (Wildman–Crippen LogP) is 3.94. The van der Waals surface area contributed by atoms with E-state index in [1.165, 1.54) is 48.6 Å². The molecule has 1 atom stereocenters. The van der Waals surface area contributed by atoms with Crippen LogP contribution in [0.2, 0.25) is 5.02 Å². The fourth-order valence-corrected chi connectivity index (χ4v) is 3.74. The number of rotatable bonds is 8. The third-order valence-electron chi connectivity index (χ3n) is 5.34. The highest BCUT2D eigenvalue weighted by atomic mass is 35.5. The van der Waals surface area contributed by atoms with Gasteiger partial charge in [-0.05, 0) is 54.6 Å². The van der Waals surface area contributed by atoms with Gasteiger partial charge in [0.05, 0.1) is 25.0 Å². The number of ketones is 1. The smallest absolute Gasteiger partial charge is 0.379 e. The quantitative estimate of drug-likeness (QED) is 0.261. The van der Waals surface area contributed by atoms with Crippen molar-refractivity contribution in [2.45, 2.75) is 6.42 Å². The van der Waals surface area contributed by atoms with Crippen molar-refractivity contribution in [3.05, 3.63) is 77.2 Å².